The fourth-order valence-corrected chi connectivity index (χ4v) is 2.95. The zero-order valence-electron chi connectivity index (χ0n) is 11.2. The van der Waals surface area contributed by atoms with Crippen molar-refractivity contribution in [3.05, 3.63) is 44.6 Å². The molecule has 0 atom stereocenters. The number of hydrogen-bond donors (Lipinski definition) is 1. The summed E-state index contributed by atoms with van der Waals surface area (Å²) in [5, 5.41) is 3.70. The molecule has 0 saturated heterocycles. The summed E-state index contributed by atoms with van der Waals surface area (Å²) in [6, 6.07) is 4.12. The summed E-state index contributed by atoms with van der Waals surface area (Å²) >= 11 is 7.27. The Balaban J connectivity index is 1.92. The molecule has 2 rings (SSSR count). The van der Waals surface area contributed by atoms with Crippen molar-refractivity contribution in [1.29, 1.82) is 0 Å². The largest absolute Gasteiger partial charge is 0.326 e. The molecule has 1 aromatic heterocycles. The number of thiazole rings is 1. The lowest BCUT2D eigenvalue weighted by Gasteiger charge is -2.05. The number of benzene rings is 1. The maximum Gasteiger partial charge on any atom is 0.224 e. The lowest BCUT2D eigenvalue weighted by Crippen LogP contribution is -2.12. The minimum atomic E-state index is -0.500. The molecule has 0 aliphatic heterocycles. The number of hydrogen-bond acceptors (Lipinski definition) is 3. The number of aromatic nitrogens is 1. The molecular weight excluding hydrogens is 299 g/mol. The Labute approximate surface area is 125 Å². The van der Waals surface area contributed by atoms with E-state index in [1.807, 2.05) is 13.8 Å². The Morgan fingerprint density at radius 2 is 2.20 bits per heavy atom. The highest BCUT2D eigenvalue weighted by molar-refractivity contribution is 7.11. The van der Waals surface area contributed by atoms with Crippen LogP contribution < -0.4 is 5.32 Å². The number of carbonyl (C=O) groups excluding carboxylic acids is 1. The van der Waals surface area contributed by atoms with Crippen LogP contribution in [-0.4, -0.2) is 10.9 Å². The highest BCUT2D eigenvalue weighted by atomic mass is 35.5. The van der Waals surface area contributed by atoms with Gasteiger partial charge < -0.3 is 5.32 Å². The SMILES string of the molecule is Cc1nc(C)c(CCC(=O)Nc2ccc(F)c(Cl)c2)s1. The first-order valence-corrected chi connectivity index (χ1v) is 7.33. The van der Waals surface area contributed by atoms with Gasteiger partial charge in [0.05, 0.1) is 15.7 Å². The smallest absolute Gasteiger partial charge is 0.224 e. The van der Waals surface area contributed by atoms with E-state index < -0.39 is 5.82 Å². The second-order valence-electron chi connectivity index (χ2n) is 4.42. The van der Waals surface area contributed by atoms with E-state index >= 15 is 0 Å². The van der Waals surface area contributed by atoms with Crippen LogP contribution in [0, 0.1) is 19.7 Å². The number of nitrogens with one attached hydrogen (secondary N) is 1. The van der Waals surface area contributed by atoms with Crippen molar-refractivity contribution in [2.45, 2.75) is 26.7 Å². The van der Waals surface area contributed by atoms with Gasteiger partial charge in [-0.15, -0.1) is 11.3 Å². The second kappa shape index (κ2) is 6.33. The summed E-state index contributed by atoms with van der Waals surface area (Å²) < 4.78 is 13.0. The normalized spacial score (nSPS) is 10.6. The summed E-state index contributed by atoms with van der Waals surface area (Å²) in [6.45, 7) is 3.89. The quantitative estimate of drug-likeness (QED) is 0.922. The first kappa shape index (κ1) is 14.9. The Kier molecular flexibility index (Phi) is 4.73. The summed E-state index contributed by atoms with van der Waals surface area (Å²) in [5.41, 5.74) is 1.48. The van der Waals surface area contributed by atoms with Gasteiger partial charge in [0.25, 0.3) is 0 Å². The molecule has 1 heterocycles. The van der Waals surface area contributed by atoms with Crippen LogP contribution >= 0.6 is 22.9 Å². The van der Waals surface area contributed by atoms with E-state index in [2.05, 4.69) is 10.3 Å². The lowest BCUT2D eigenvalue weighted by molar-refractivity contribution is -0.116. The van der Waals surface area contributed by atoms with Gasteiger partial charge in [-0.05, 0) is 38.5 Å². The van der Waals surface area contributed by atoms with E-state index in [0.717, 1.165) is 15.6 Å². The van der Waals surface area contributed by atoms with Crippen LogP contribution in [0.4, 0.5) is 10.1 Å². The molecule has 1 aromatic carbocycles. The lowest BCUT2D eigenvalue weighted by atomic mass is 10.2. The van der Waals surface area contributed by atoms with Crippen LogP contribution in [-0.2, 0) is 11.2 Å². The van der Waals surface area contributed by atoms with Crippen LogP contribution in [0.2, 0.25) is 5.02 Å². The maximum absolute atomic E-state index is 13.0. The number of rotatable bonds is 4. The molecule has 1 N–H and O–H groups in total. The van der Waals surface area contributed by atoms with Gasteiger partial charge in [-0.2, -0.15) is 0 Å². The van der Waals surface area contributed by atoms with E-state index in [4.69, 9.17) is 11.6 Å². The number of amides is 1. The molecule has 0 unspecified atom stereocenters. The van der Waals surface area contributed by atoms with Gasteiger partial charge in [0.15, 0.2) is 0 Å². The van der Waals surface area contributed by atoms with Gasteiger partial charge in [-0.25, -0.2) is 9.37 Å². The van der Waals surface area contributed by atoms with Crippen LogP contribution in [0.1, 0.15) is 22.0 Å². The van der Waals surface area contributed by atoms with Crippen molar-refractivity contribution < 1.29 is 9.18 Å². The Bertz CT molecular complexity index is 642. The molecule has 0 bridgehead atoms. The molecule has 0 radical (unpaired) electrons. The van der Waals surface area contributed by atoms with E-state index in [9.17, 15) is 9.18 Å². The monoisotopic (exact) mass is 312 g/mol. The van der Waals surface area contributed by atoms with Crippen molar-refractivity contribution in [3.63, 3.8) is 0 Å². The Morgan fingerprint density at radius 1 is 1.45 bits per heavy atom. The molecule has 2 aromatic rings. The number of halogens is 2. The van der Waals surface area contributed by atoms with Crippen molar-refractivity contribution in [3.8, 4) is 0 Å². The van der Waals surface area contributed by atoms with Crippen LogP contribution in [0.3, 0.4) is 0 Å². The third kappa shape index (κ3) is 3.77. The van der Waals surface area contributed by atoms with Gasteiger partial charge >= 0.3 is 0 Å². The summed E-state index contributed by atoms with van der Waals surface area (Å²) in [7, 11) is 0. The highest BCUT2D eigenvalue weighted by Gasteiger charge is 2.09. The second-order valence-corrected chi connectivity index (χ2v) is 6.11. The van der Waals surface area contributed by atoms with Gasteiger partial charge in [0.2, 0.25) is 5.91 Å². The van der Waals surface area contributed by atoms with Crippen molar-refractivity contribution >= 4 is 34.5 Å². The van der Waals surface area contributed by atoms with E-state index in [1.165, 1.54) is 18.2 Å². The Morgan fingerprint density at radius 3 is 2.80 bits per heavy atom. The fourth-order valence-electron chi connectivity index (χ4n) is 1.83. The number of anilines is 1. The zero-order valence-corrected chi connectivity index (χ0v) is 12.7. The Hall–Kier alpha value is -1.46. The third-order valence-electron chi connectivity index (χ3n) is 2.78. The average molecular weight is 313 g/mol. The molecule has 0 aliphatic rings. The topological polar surface area (TPSA) is 42.0 Å². The summed E-state index contributed by atoms with van der Waals surface area (Å²) in [6.07, 6.45) is 1.01. The molecule has 0 aliphatic carbocycles. The molecule has 0 fully saturated rings. The maximum atomic E-state index is 13.0. The molecule has 106 valence electrons. The first-order chi connectivity index (χ1) is 9.45. The van der Waals surface area contributed by atoms with Crippen molar-refractivity contribution in [1.82, 2.24) is 4.98 Å². The predicted octanol–water partition coefficient (Wildman–Crippen LogP) is 4.12. The van der Waals surface area contributed by atoms with Gasteiger partial charge in [-0.3, -0.25) is 4.79 Å². The van der Waals surface area contributed by atoms with Crippen molar-refractivity contribution in [2.24, 2.45) is 0 Å². The number of nitrogens with zero attached hydrogens (tertiary/aromatic N) is 1. The molecule has 1 amide bonds. The molecule has 3 nitrogen and oxygen atoms in total. The minimum absolute atomic E-state index is 0.00303. The number of aryl methyl sites for hydroxylation is 3. The average Bonchev–Trinajstić information content (AvgIpc) is 2.70. The fraction of sp³-hybridized carbons (Fsp3) is 0.286. The third-order valence-corrected chi connectivity index (χ3v) is 4.20. The molecule has 0 saturated carbocycles. The molecular formula is C14H14ClFN2OS. The van der Waals surface area contributed by atoms with E-state index in [0.29, 0.717) is 18.5 Å². The molecule has 20 heavy (non-hydrogen) atoms. The number of carbonyl (C=O) groups is 1. The zero-order chi connectivity index (χ0) is 14.7. The highest BCUT2D eigenvalue weighted by Crippen LogP contribution is 2.21. The van der Waals surface area contributed by atoms with Gasteiger partial charge in [0, 0.05) is 17.0 Å². The van der Waals surface area contributed by atoms with Gasteiger partial charge in [0.1, 0.15) is 5.82 Å². The standard InChI is InChI=1S/C14H14ClFN2OS/c1-8-13(20-9(2)17-8)5-6-14(19)18-10-3-4-12(16)11(15)7-10/h3-4,7H,5-6H2,1-2H3,(H,18,19). The van der Waals surface area contributed by atoms with Crippen LogP contribution in [0.25, 0.3) is 0 Å². The molecule has 0 spiro atoms. The first-order valence-electron chi connectivity index (χ1n) is 6.13. The van der Waals surface area contributed by atoms with E-state index in [-0.39, 0.29) is 10.9 Å². The van der Waals surface area contributed by atoms with Crippen molar-refractivity contribution in [2.75, 3.05) is 5.32 Å². The summed E-state index contributed by atoms with van der Waals surface area (Å²) in [4.78, 5) is 17.3. The summed E-state index contributed by atoms with van der Waals surface area (Å²) in [5.74, 6) is -0.626. The van der Waals surface area contributed by atoms with Crippen LogP contribution in [0.5, 0.6) is 0 Å². The minimum Gasteiger partial charge on any atom is -0.326 e. The predicted molar refractivity (Wildman–Crippen MR) is 79.9 cm³/mol. The molecule has 6 heteroatoms. The van der Waals surface area contributed by atoms with Gasteiger partial charge in [-0.1, -0.05) is 11.6 Å². The van der Waals surface area contributed by atoms with Crippen LogP contribution in [0.15, 0.2) is 18.2 Å². The van der Waals surface area contributed by atoms with E-state index in [1.54, 1.807) is 11.3 Å².